The molecule has 1 aromatic heterocycles. The molecule has 3 N–H and O–H groups in total. The molecule has 1 aliphatic carbocycles. The highest BCUT2D eigenvalue weighted by Gasteiger charge is 2.62. The third-order valence-corrected chi connectivity index (χ3v) is 7.84. The van der Waals surface area contributed by atoms with Gasteiger partial charge >= 0.3 is 0 Å². The summed E-state index contributed by atoms with van der Waals surface area (Å²) in [7, 11) is 0. The van der Waals surface area contributed by atoms with Gasteiger partial charge in [-0.15, -0.1) is 0 Å². The molecular weight excluding hydrogens is 464 g/mol. The van der Waals surface area contributed by atoms with E-state index in [0.717, 1.165) is 34.2 Å². The number of rotatable bonds is 4. The molecule has 0 saturated heterocycles. The van der Waals surface area contributed by atoms with Crippen LogP contribution in [0, 0.1) is 5.92 Å². The zero-order chi connectivity index (χ0) is 24.5. The average molecular weight is 489 g/mol. The van der Waals surface area contributed by atoms with E-state index in [1.54, 1.807) is 6.20 Å². The molecule has 37 heavy (non-hydrogen) atoms. The molecule has 0 radical (unpaired) electrons. The van der Waals surface area contributed by atoms with Crippen LogP contribution in [0.25, 0.3) is 11.1 Å². The molecule has 8 rings (SSSR count). The fraction of sp³-hybridized carbons (Fsp3) is 0.200. The number of hydrogen-bond donors (Lipinski definition) is 3. The van der Waals surface area contributed by atoms with Crippen molar-refractivity contribution in [2.24, 2.45) is 5.92 Å². The summed E-state index contributed by atoms with van der Waals surface area (Å²) in [5.74, 6) is 3.67. The largest absolute Gasteiger partial charge is 0.489 e. The number of hydrogen-bond acceptors (Lipinski definition) is 6. The Balaban J connectivity index is 1.01. The SMILES string of the molecule is O=C1CCc2c(Oc3ccc4c(c3)C3C(O4)C3C3Nc4ccc(-c5ccccc5)cc4N3)ccnc2N1. The number of anilines is 3. The molecule has 4 unspecified atom stereocenters. The van der Waals surface area contributed by atoms with Gasteiger partial charge in [0.05, 0.1) is 11.4 Å². The van der Waals surface area contributed by atoms with Crippen LogP contribution in [0.2, 0.25) is 0 Å². The summed E-state index contributed by atoms with van der Waals surface area (Å²) in [5, 5.41) is 10.2. The van der Waals surface area contributed by atoms with Crippen LogP contribution in [0.1, 0.15) is 23.5 Å². The normalized spacial score (nSPS) is 23.8. The molecule has 4 atom stereocenters. The molecule has 1 fully saturated rings. The monoisotopic (exact) mass is 488 g/mol. The van der Waals surface area contributed by atoms with Gasteiger partial charge in [0.25, 0.3) is 0 Å². The van der Waals surface area contributed by atoms with E-state index in [1.807, 2.05) is 24.3 Å². The Kier molecular flexibility index (Phi) is 4.32. The minimum atomic E-state index is -0.00906. The molecule has 182 valence electrons. The fourth-order valence-electron chi connectivity index (χ4n) is 5.99. The van der Waals surface area contributed by atoms with Crippen molar-refractivity contribution < 1.29 is 14.3 Å². The lowest BCUT2D eigenvalue weighted by molar-refractivity contribution is -0.116. The molecule has 3 aromatic carbocycles. The number of carbonyl (C=O) groups excluding carboxylic acids is 1. The van der Waals surface area contributed by atoms with Gasteiger partial charge in [0.2, 0.25) is 5.91 Å². The third kappa shape index (κ3) is 3.34. The summed E-state index contributed by atoms with van der Waals surface area (Å²) in [6.07, 6.45) is 3.00. The first-order valence-corrected chi connectivity index (χ1v) is 12.7. The van der Waals surface area contributed by atoms with Gasteiger partial charge in [-0.25, -0.2) is 4.98 Å². The van der Waals surface area contributed by atoms with Crippen LogP contribution in [0.15, 0.2) is 79.0 Å². The maximum Gasteiger partial charge on any atom is 0.225 e. The van der Waals surface area contributed by atoms with Gasteiger partial charge in [-0.3, -0.25) is 4.79 Å². The zero-order valence-corrected chi connectivity index (χ0v) is 19.9. The molecule has 7 nitrogen and oxygen atoms in total. The Morgan fingerprint density at radius 2 is 1.78 bits per heavy atom. The van der Waals surface area contributed by atoms with Gasteiger partial charge in [0.15, 0.2) is 0 Å². The van der Waals surface area contributed by atoms with Crippen molar-refractivity contribution in [2.45, 2.75) is 31.0 Å². The quantitative estimate of drug-likeness (QED) is 0.339. The summed E-state index contributed by atoms with van der Waals surface area (Å²) in [4.78, 5) is 16.0. The number of carbonyl (C=O) groups is 1. The highest BCUT2D eigenvalue weighted by molar-refractivity contribution is 5.93. The maximum atomic E-state index is 11.7. The first-order chi connectivity index (χ1) is 18.2. The van der Waals surface area contributed by atoms with E-state index in [0.29, 0.717) is 30.5 Å². The minimum absolute atomic E-state index is 0.00906. The number of amides is 1. The number of benzene rings is 3. The van der Waals surface area contributed by atoms with E-state index < -0.39 is 0 Å². The first-order valence-electron chi connectivity index (χ1n) is 12.7. The summed E-state index contributed by atoms with van der Waals surface area (Å²) < 4.78 is 12.6. The van der Waals surface area contributed by atoms with Crippen molar-refractivity contribution in [3.05, 3.63) is 90.1 Å². The predicted octanol–water partition coefficient (Wildman–Crippen LogP) is 5.76. The van der Waals surface area contributed by atoms with E-state index in [4.69, 9.17) is 9.47 Å². The number of nitrogens with zero attached hydrogens (tertiary/aromatic N) is 1. The van der Waals surface area contributed by atoms with Crippen LogP contribution in [-0.4, -0.2) is 23.2 Å². The van der Waals surface area contributed by atoms with Gasteiger partial charge in [0, 0.05) is 35.6 Å². The molecule has 0 bridgehead atoms. The van der Waals surface area contributed by atoms with E-state index in [-0.39, 0.29) is 18.2 Å². The van der Waals surface area contributed by atoms with Gasteiger partial charge in [-0.1, -0.05) is 36.4 Å². The number of aromatic nitrogens is 1. The standard InChI is InChI=1S/C30H24N4O3/c35-25-11-8-19-24(12-13-31-29(19)34-25)36-18-7-10-23-20(15-18)26-27(28(26)37-23)30-32-21-9-6-17(14-22(21)33-30)16-4-2-1-3-5-16/h1-7,9-10,12-15,26-28,30,32-33H,8,11H2,(H,31,34,35). The predicted molar refractivity (Wildman–Crippen MR) is 141 cm³/mol. The Bertz CT molecular complexity index is 1570. The van der Waals surface area contributed by atoms with Crippen LogP contribution in [0.5, 0.6) is 17.2 Å². The second-order valence-corrected chi connectivity index (χ2v) is 10.1. The van der Waals surface area contributed by atoms with E-state index in [1.165, 1.54) is 16.7 Å². The molecule has 4 aliphatic rings. The fourth-order valence-corrected chi connectivity index (χ4v) is 5.99. The molecule has 4 aromatic rings. The lowest BCUT2D eigenvalue weighted by atomic mass is 10.0. The molecule has 3 aliphatic heterocycles. The second kappa shape index (κ2) is 7.74. The van der Waals surface area contributed by atoms with Crippen molar-refractivity contribution in [1.82, 2.24) is 4.98 Å². The van der Waals surface area contributed by atoms with E-state index in [2.05, 4.69) is 69.5 Å². The van der Waals surface area contributed by atoms with Crippen LogP contribution in [-0.2, 0) is 11.2 Å². The van der Waals surface area contributed by atoms with E-state index in [9.17, 15) is 4.79 Å². The van der Waals surface area contributed by atoms with Crippen molar-refractivity contribution in [2.75, 3.05) is 16.0 Å². The lowest BCUT2D eigenvalue weighted by Crippen LogP contribution is -2.28. The molecule has 0 spiro atoms. The van der Waals surface area contributed by atoms with Gasteiger partial charge < -0.3 is 25.4 Å². The summed E-state index contributed by atoms with van der Waals surface area (Å²) in [5.41, 5.74) is 6.79. The van der Waals surface area contributed by atoms with Crippen molar-refractivity contribution in [1.29, 1.82) is 0 Å². The van der Waals surface area contributed by atoms with Crippen LogP contribution < -0.4 is 25.4 Å². The van der Waals surface area contributed by atoms with E-state index >= 15 is 0 Å². The number of ether oxygens (including phenoxy) is 2. The van der Waals surface area contributed by atoms with Crippen LogP contribution >= 0.6 is 0 Å². The molecule has 4 heterocycles. The van der Waals surface area contributed by atoms with Gasteiger partial charge in [-0.2, -0.15) is 0 Å². The number of fused-ring (bicyclic) bond motifs is 5. The Labute approximate surface area is 213 Å². The number of nitrogens with one attached hydrogen (secondary N) is 3. The second-order valence-electron chi connectivity index (χ2n) is 10.1. The Hall–Kier alpha value is -4.52. The van der Waals surface area contributed by atoms with Crippen molar-refractivity contribution in [3.63, 3.8) is 0 Å². The average Bonchev–Trinajstić information content (AvgIpc) is 3.27. The minimum Gasteiger partial charge on any atom is -0.489 e. The smallest absolute Gasteiger partial charge is 0.225 e. The molecule has 1 saturated carbocycles. The Morgan fingerprint density at radius 1 is 0.892 bits per heavy atom. The zero-order valence-electron chi connectivity index (χ0n) is 19.9. The topological polar surface area (TPSA) is 84.5 Å². The Morgan fingerprint density at radius 3 is 2.70 bits per heavy atom. The summed E-state index contributed by atoms with van der Waals surface area (Å²) >= 11 is 0. The highest BCUT2D eigenvalue weighted by Crippen LogP contribution is 2.61. The maximum absolute atomic E-state index is 11.7. The lowest BCUT2D eigenvalue weighted by Gasteiger charge is -2.19. The van der Waals surface area contributed by atoms with Crippen LogP contribution in [0.4, 0.5) is 17.2 Å². The van der Waals surface area contributed by atoms with Gasteiger partial charge in [-0.05, 0) is 53.9 Å². The summed E-state index contributed by atoms with van der Waals surface area (Å²) in [6, 6.07) is 24.9. The molecule has 1 amide bonds. The number of pyridine rings is 1. The molecule has 7 heteroatoms. The molecular formula is C30H24N4O3. The first kappa shape index (κ1) is 20.7. The summed E-state index contributed by atoms with van der Waals surface area (Å²) in [6.45, 7) is 0. The van der Waals surface area contributed by atoms with Crippen molar-refractivity contribution >= 4 is 23.1 Å². The highest BCUT2D eigenvalue weighted by atomic mass is 16.5. The third-order valence-electron chi connectivity index (χ3n) is 7.84. The van der Waals surface area contributed by atoms with Crippen molar-refractivity contribution in [3.8, 4) is 28.4 Å². The van der Waals surface area contributed by atoms with Gasteiger partial charge in [0.1, 0.15) is 35.3 Å². The van der Waals surface area contributed by atoms with Crippen LogP contribution in [0.3, 0.4) is 0 Å².